The van der Waals surface area contributed by atoms with Gasteiger partial charge in [-0.15, -0.1) is 11.8 Å². The number of aromatic nitrogens is 2. The van der Waals surface area contributed by atoms with Gasteiger partial charge in [-0.05, 0) is 31.5 Å². The van der Waals surface area contributed by atoms with Crippen LogP contribution < -0.4 is 5.32 Å². The highest BCUT2D eigenvalue weighted by Gasteiger charge is 2.23. The molecule has 3 aromatic rings. The number of aryl methyl sites for hydroxylation is 2. The number of rotatable bonds is 10. The number of esters is 2. The highest BCUT2D eigenvalue weighted by molar-refractivity contribution is 7.98. The molecule has 178 valence electrons. The number of ether oxygens (including phenoxy) is 2. The molecule has 1 N–H and O–H groups in total. The zero-order valence-electron chi connectivity index (χ0n) is 19.1. The molecule has 0 aliphatic carbocycles. The Kier molecular flexibility index (Phi) is 8.80. The molecule has 0 radical (unpaired) electrons. The summed E-state index contributed by atoms with van der Waals surface area (Å²) in [6, 6.07) is 11.5. The predicted octanol–water partition coefficient (Wildman–Crippen LogP) is 3.04. The van der Waals surface area contributed by atoms with Crippen LogP contribution in [0, 0.1) is 13.8 Å². The van der Waals surface area contributed by atoms with Crippen molar-refractivity contribution >= 4 is 29.6 Å². The maximum Gasteiger partial charge on any atom is 0.341 e. The fourth-order valence-electron chi connectivity index (χ4n) is 3.14. The van der Waals surface area contributed by atoms with Crippen LogP contribution in [0.5, 0.6) is 0 Å². The van der Waals surface area contributed by atoms with Gasteiger partial charge in [-0.3, -0.25) is 4.79 Å². The Balaban J connectivity index is 1.59. The molecule has 0 fully saturated rings. The third-order valence-corrected chi connectivity index (χ3v) is 6.00. The van der Waals surface area contributed by atoms with Gasteiger partial charge in [0, 0.05) is 23.9 Å². The molecule has 1 atom stereocenters. The summed E-state index contributed by atoms with van der Waals surface area (Å²) in [4.78, 5) is 41.4. The maximum atomic E-state index is 12.7. The lowest BCUT2D eigenvalue weighted by Crippen LogP contribution is -2.44. The maximum absolute atomic E-state index is 12.7. The number of nitrogens with one attached hydrogen (secondary N) is 1. The first-order valence-electron chi connectivity index (χ1n) is 10.5. The van der Waals surface area contributed by atoms with Crippen molar-refractivity contribution in [3.63, 3.8) is 0 Å². The molecule has 0 saturated carbocycles. The number of hydrogen-bond donors (Lipinski definition) is 1. The van der Waals surface area contributed by atoms with E-state index in [1.807, 2.05) is 44.2 Å². The standard InChI is InChI=1S/C24H25N3O6S/c1-15-19(16(2)33-27-15)14-34-22-18(10-7-11-25-22)23(29)32-13-21(28)26-20(24(30)31-3)12-17-8-5-4-6-9-17/h4-11,20H,12-14H2,1-3H3,(H,26,28). The van der Waals surface area contributed by atoms with E-state index < -0.39 is 30.5 Å². The number of hydrogen-bond acceptors (Lipinski definition) is 9. The van der Waals surface area contributed by atoms with E-state index in [2.05, 4.69) is 15.5 Å². The third-order valence-electron chi connectivity index (χ3n) is 4.96. The number of carbonyl (C=O) groups excluding carboxylic acids is 3. The molecule has 1 amide bonds. The first-order valence-corrected chi connectivity index (χ1v) is 11.5. The van der Waals surface area contributed by atoms with E-state index >= 15 is 0 Å². The summed E-state index contributed by atoms with van der Waals surface area (Å²) in [5, 5.41) is 6.95. The lowest BCUT2D eigenvalue weighted by molar-refractivity contribution is -0.145. The molecule has 2 aromatic heterocycles. The SMILES string of the molecule is COC(=O)C(Cc1ccccc1)NC(=O)COC(=O)c1cccnc1SCc1c(C)noc1C. The van der Waals surface area contributed by atoms with Crippen molar-refractivity contribution in [1.29, 1.82) is 0 Å². The van der Waals surface area contributed by atoms with Crippen molar-refractivity contribution in [3.05, 3.63) is 76.8 Å². The second-order valence-corrected chi connectivity index (χ2v) is 8.32. The second kappa shape index (κ2) is 12.0. The molecule has 1 unspecified atom stereocenters. The van der Waals surface area contributed by atoms with Crippen LogP contribution in [-0.2, 0) is 31.2 Å². The molecule has 0 aliphatic rings. The molecule has 10 heteroatoms. The van der Waals surface area contributed by atoms with E-state index in [1.165, 1.54) is 18.9 Å². The Morgan fingerprint density at radius 1 is 1.12 bits per heavy atom. The van der Waals surface area contributed by atoms with E-state index in [4.69, 9.17) is 14.0 Å². The van der Waals surface area contributed by atoms with Gasteiger partial charge < -0.3 is 19.3 Å². The minimum atomic E-state index is -0.904. The summed E-state index contributed by atoms with van der Waals surface area (Å²) in [5.74, 6) is -0.680. The van der Waals surface area contributed by atoms with Gasteiger partial charge in [0.05, 0.1) is 18.4 Å². The number of thioether (sulfide) groups is 1. The molecule has 0 aliphatic heterocycles. The van der Waals surface area contributed by atoms with Gasteiger partial charge in [-0.1, -0.05) is 35.5 Å². The molecule has 2 heterocycles. The van der Waals surface area contributed by atoms with Crippen molar-refractivity contribution < 1.29 is 28.4 Å². The Morgan fingerprint density at radius 3 is 2.56 bits per heavy atom. The van der Waals surface area contributed by atoms with Gasteiger partial charge >= 0.3 is 11.9 Å². The van der Waals surface area contributed by atoms with E-state index in [0.29, 0.717) is 16.5 Å². The predicted molar refractivity (Wildman–Crippen MR) is 124 cm³/mol. The molecule has 9 nitrogen and oxygen atoms in total. The first-order chi connectivity index (χ1) is 16.4. The smallest absolute Gasteiger partial charge is 0.341 e. The molecule has 0 bridgehead atoms. The van der Waals surface area contributed by atoms with Crippen LogP contribution in [0.15, 0.2) is 58.2 Å². The van der Waals surface area contributed by atoms with Gasteiger partial charge in [0.2, 0.25) is 0 Å². The van der Waals surface area contributed by atoms with Gasteiger partial charge in [0.1, 0.15) is 16.8 Å². The van der Waals surface area contributed by atoms with E-state index in [9.17, 15) is 14.4 Å². The second-order valence-electron chi connectivity index (χ2n) is 7.36. The Morgan fingerprint density at radius 2 is 1.88 bits per heavy atom. The number of benzene rings is 1. The minimum Gasteiger partial charge on any atom is -0.467 e. The Hall–Kier alpha value is -3.66. The van der Waals surface area contributed by atoms with Crippen LogP contribution in [0.3, 0.4) is 0 Å². The Bertz CT molecular complexity index is 1130. The fourth-order valence-corrected chi connectivity index (χ4v) is 4.28. The van der Waals surface area contributed by atoms with Crippen molar-refractivity contribution in [2.24, 2.45) is 0 Å². The van der Waals surface area contributed by atoms with Gasteiger partial charge in [-0.25, -0.2) is 14.6 Å². The zero-order chi connectivity index (χ0) is 24.5. The fraction of sp³-hybridized carbons (Fsp3) is 0.292. The first kappa shape index (κ1) is 25.0. The largest absolute Gasteiger partial charge is 0.467 e. The zero-order valence-corrected chi connectivity index (χ0v) is 19.9. The molecule has 3 rings (SSSR count). The van der Waals surface area contributed by atoms with E-state index in [1.54, 1.807) is 18.3 Å². The number of methoxy groups -OCH3 is 1. The summed E-state index contributed by atoms with van der Waals surface area (Å²) < 4.78 is 15.1. The summed E-state index contributed by atoms with van der Waals surface area (Å²) in [7, 11) is 1.25. The van der Waals surface area contributed by atoms with Crippen LogP contribution >= 0.6 is 11.8 Å². The third kappa shape index (κ3) is 6.67. The summed E-state index contributed by atoms with van der Waals surface area (Å²) in [6.07, 6.45) is 1.82. The number of pyridine rings is 1. The topological polar surface area (TPSA) is 121 Å². The number of nitrogens with zero attached hydrogens (tertiary/aromatic N) is 2. The highest BCUT2D eigenvalue weighted by Crippen LogP contribution is 2.27. The number of carbonyl (C=O) groups is 3. The normalized spacial score (nSPS) is 11.5. The van der Waals surface area contributed by atoms with Crippen molar-refractivity contribution in [3.8, 4) is 0 Å². The van der Waals surface area contributed by atoms with E-state index in [-0.39, 0.29) is 12.0 Å². The van der Waals surface area contributed by atoms with Gasteiger partial charge in [-0.2, -0.15) is 0 Å². The number of amides is 1. The molecular weight excluding hydrogens is 458 g/mol. The summed E-state index contributed by atoms with van der Waals surface area (Å²) in [6.45, 7) is 3.11. The molecular formula is C24H25N3O6S. The quantitative estimate of drug-likeness (QED) is 0.343. The van der Waals surface area contributed by atoms with Gasteiger partial charge in [0.25, 0.3) is 5.91 Å². The van der Waals surface area contributed by atoms with Crippen molar-refractivity contribution in [2.75, 3.05) is 13.7 Å². The van der Waals surface area contributed by atoms with Crippen LogP contribution in [0.4, 0.5) is 0 Å². The van der Waals surface area contributed by atoms with Crippen LogP contribution in [0.2, 0.25) is 0 Å². The van der Waals surface area contributed by atoms with Crippen LogP contribution in [0.1, 0.15) is 32.9 Å². The van der Waals surface area contributed by atoms with Gasteiger partial charge in [0.15, 0.2) is 6.61 Å². The lowest BCUT2D eigenvalue weighted by Gasteiger charge is -2.16. The molecule has 1 aromatic carbocycles. The van der Waals surface area contributed by atoms with Crippen molar-refractivity contribution in [2.45, 2.75) is 37.1 Å². The summed E-state index contributed by atoms with van der Waals surface area (Å²) >= 11 is 1.34. The lowest BCUT2D eigenvalue weighted by atomic mass is 10.1. The van der Waals surface area contributed by atoms with Crippen molar-refractivity contribution in [1.82, 2.24) is 15.5 Å². The average Bonchev–Trinajstić information content (AvgIpc) is 3.18. The molecule has 0 spiro atoms. The molecule has 0 saturated heterocycles. The minimum absolute atomic E-state index is 0.237. The van der Waals surface area contributed by atoms with Crippen LogP contribution in [0.25, 0.3) is 0 Å². The van der Waals surface area contributed by atoms with Crippen LogP contribution in [-0.4, -0.2) is 47.7 Å². The Labute approximate surface area is 201 Å². The average molecular weight is 484 g/mol. The molecule has 34 heavy (non-hydrogen) atoms. The monoisotopic (exact) mass is 483 g/mol. The summed E-state index contributed by atoms with van der Waals surface area (Å²) in [5.41, 5.74) is 2.80. The highest BCUT2D eigenvalue weighted by atomic mass is 32.2. The van der Waals surface area contributed by atoms with E-state index in [0.717, 1.165) is 16.8 Å².